The Balaban J connectivity index is 0.000000340. The fourth-order valence-corrected chi connectivity index (χ4v) is 3.40. The molecule has 6 rings (SSSR count). The van der Waals surface area contributed by atoms with Gasteiger partial charge in [0.1, 0.15) is 0 Å². The van der Waals surface area contributed by atoms with Gasteiger partial charge in [-0.15, -0.1) is 20.4 Å². The van der Waals surface area contributed by atoms with Gasteiger partial charge < -0.3 is 8.83 Å². The van der Waals surface area contributed by atoms with Crippen LogP contribution in [-0.4, -0.2) is 20.4 Å². The van der Waals surface area contributed by atoms with Crippen molar-refractivity contribution in [2.24, 2.45) is 0 Å². The van der Waals surface area contributed by atoms with Crippen molar-refractivity contribution < 1.29 is 8.83 Å². The highest BCUT2D eigenvalue weighted by molar-refractivity contribution is 5.96. The van der Waals surface area contributed by atoms with E-state index in [1.165, 1.54) is 12.8 Å². The molecule has 2 aromatic heterocycles. The molecule has 4 aromatic carbocycles. The molecule has 30 heavy (non-hydrogen) atoms. The molecule has 2 heterocycles. The van der Waals surface area contributed by atoms with E-state index in [4.69, 9.17) is 4.42 Å². The third-order valence-electron chi connectivity index (χ3n) is 4.75. The van der Waals surface area contributed by atoms with Crippen molar-refractivity contribution in [1.82, 2.24) is 20.4 Å². The van der Waals surface area contributed by atoms with Crippen molar-refractivity contribution in [2.75, 3.05) is 0 Å². The van der Waals surface area contributed by atoms with Crippen LogP contribution in [0.25, 0.3) is 44.5 Å². The minimum Gasteiger partial charge on any atom is -0.431 e. The third kappa shape index (κ3) is 3.42. The lowest BCUT2D eigenvalue weighted by atomic mass is 10.0. The van der Waals surface area contributed by atoms with E-state index in [0.717, 1.165) is 32.7 Å². The normalized spacial score (nSPS) is 10.7. The second-order valence-corrected chi connectivity index (χ2v) is 6.54. The van der Waals surface area contributed by atoms with Crippen LogP contribution in [0.4, 0.5) is 0 Å². The van der Waals surface area contributed by atoms with Crippen molar-refractivity contribution in [3.05, 3.63) is 97.7 Å². The lowest BCUT2D eigenvalue weighted by Crippen LogP contribution is -1.81. The van der Waals surface area contributed by atoms with Crippen molar-refractivity contribution in [3.63, 3.8) is 0 Å². The molecule has 0 atom stereocenters. The van der Waals surface area contributed by atoms with Crippen molar-refractivity contribution in [1.29, 1.82) is 0 Å². The summed E-state index contributed by atoms with van der Waals surface area (Å²) in [7, 11) is 0. The molecule has 0 aliphatic carbocycles. The van der Waals surface area contributed by atoms with Gasteiger partial charge in [0.2, 0.25) is 24.6 Å². The van der Waals surface area contributed by atoms with Crippen LogP contribution in [0.5, 0.6) is 0 Å². The van der Waals surface area contributed by atoms with Crippen LogP contribution in [0.2, 0.25) is 0 Å². The van der Waals surface area contributed by atoms with Gasteiger partial charge in [-0.05, 0) is 33.7 Å². The highest BCUT2D eigenvalue weighted by Crippen LogP contribution is 2.32. The molecule has 0 saturated carbocycles. The predicted octanol–water partition coefficient (Wildman–Crippen LogP) is 5.78. The van der Waals surface area contributed by atoms with Crippen molar-refractivity contribution in [3.8, 4) is 22.9 Å². The molecular formula is C24H16N4O2. The van der Waals surface area contributed by atoms with Gasteiger partial charge in [-0.1, -0.05) is 72.8 Å². The van der Waals surface area contributed by atoms with Gasteiger partial charge in [0, 0.05) is 11.1 Å². The zero-order valence-corrected chi connectivity index (χ0v) is 15.8. The zero-order valence-electron chi connectivity index (χ0n) is 15.8. The van der Waals surface area contributed by atoms with Crippen LogP contribution < -0.4 is 0 Å². The average molecular weight is 392 g/mol. The number of rotatable bonds is 2. The van der Waals surface area contributed by atoms with Gasteiger partial charge in [0.25, 0.3) is 0 Å². The molecule has 6 aromatic rings. The quantitative estimate of drug-likeness (QED) is 0.372. The number of nitrogens with zero attached hydrogens (tertiary/aromatic N) is 4. The topological polar surface area (TPSA) is 77.8 Å². The van der Waals surface area contributed by atoms with E-state index >= 15 is 0 Å². The summed E-state index contributed by atoms with van der Waals surface area (Å²) in [6.45, 7) is 0. The first-order valence-electron chi connectivity index (χ1n) is 9.39. The highest BCUT2D eigenvalue weighted by Gasteiger charge is 2.14. The molecule has 0 unspecified atom stereocenters. The second kappa shape index (κ2) is 7.97. The third-order valence-corrected chi connectivity index (χ3v) is 4.75. The highest BCUT2D eigenvalue weighted by atomic mass is 16.4. The molecule has 0 aliphatic heterocycles. The first-order chi connectivity index (χ1) is 14.9. The van der Waals surface area contributed by atoms with Gasteiger partial charge in [-0.3, -0.25) is 0 Å². The van der Waals surface area contributed by atoms with Gasteiger partial charge in [-0.25, -0.2) is 0 Å². The van der Waals surface area contributed by atoms with Crippen LogP contribution in [-0.2, 0) is 0 Å². The summed E-state index contributed by atoms with van der Waals surface area (Å²) in [5.74, 6) is 1.08. The number of fused-ring (bicyclic) bond motifs is 2. The lowest BCUT2D eigenvalue weighted by Gasteiger charge is -2.03. The van der Waals surface area contributed by atoms with Crippen LogP contribution in [0.1, 0.15) is 0 Å². The molecule has 0 fully saturated rings. The molecule has 0 aliphatic rings. The summed E-state index contributed by atoms with van der Waals surface area (Å²) in [4.78, 5) is 0. The summed E-state index contributed by atoms with van der Waals surface area (Å²) < 4.78 is 10.4. The lowest BCUT2D eigenvalue weighted by molar-refractivity contribution is 0.553. The van der Waals surface area contributed by atoms with Crippen molar-refractivity contribution in [2.45, 2.75) is 0 Å². The Morgan fingerprint density at radius 3 is 1.43 bits per heavy atom. The molecule has 0 N–H and O–H groups in total. The smallest absolute Gasteiger partial charge is 0.248 e. The summed E-state index contributed by atoms with van der Waals surface area (Å²) in [6, 6.07) is 28.6. The van der Waals surface area contributed by atoms with E-state index in [-0.39, 0.29) is 0 Å². The largest absolute Gasteiger partial charge is 0.431 e. The van der Waals surface area contributed by atoms with Gasteiger partial charge in [-0.2, -0.15) is 0 Å². The van der Waals surface area contributed by atoms with E-state index in [0.29, 0.717) is 11.8 Å². The Morgan fingerprint density at radius 1 is 0.500 bits per heavy atom. The maximum absolute atomic E-state index is 6.05. The first-order valence-corrected chi connectivity index (χ1v) is 9.39. The SMILES string of the molecule is c1ccc2c(-c3nnc(-c4cccc5ccccc45)o3)cccc2c1.c1nnco1. The summed E-state index contributed by atoms with van der Waals surface area (Å²) in [6.07, 6.45) is 2.53. The zero-order chi connectivity index (χ0) is 20.2. The Morgan fingerprint density at radius 2 is 0.967 bits per heavy atom. The molecule has 0 bridgehead atoms. The maximum atomic E-state index is 6.05. The Hall–Kier alpha value is -4.32. The maximum Gasteiger partial charge on any atom is 0.248 e. The monoisotopic (exact) mass is 392 g/mol. The van der Waals surface area contributed by atoms with E-state index in [1.807, 2.05) is 48.5 Å². The Bertz CT molecular complexity index is 1290. The van der Waals surface area contributed by atoms with Crippen LogP contribution in [0, 0.1) is 0 Å². The molecular weight excluding hydrogens is 376 g/mol. The van der Waals surface area contributed by atoms with E-state index in [9.17, 15) is 0 Å². The van der Waals surface area contributed by atoms with Crippen LogP contribution in [0.3, 0.4) is 0 Å². The molecule has 0 saturated heterocycles. The summed E-state index contributed by atoms with van der Waals surface area (Å²) in [5.41, 5.74) is 1.91. The van der Waals surface area contributed by atoms with E-state index < -0.39 is 0 Å². The number of hydrogen-bond acceptors (Lipinski definition) is 6. The summed E-state index contributed by atoms with van der Waals surface area (Å²) >= 11 is 0. The fourth-order valence-electron chi connectivity index (χ4n) is 3.40. The molecule has 0 spiro atoms. The Kier molecular flexibility index (Phi) is 4.72. The van der Waals surface area contributed by atoms with Crippen LogP contribution >= 0.6 is 0 Å². The standard InChI is InChI=1S/C22H14N2O.C2H2N2O/c1-3-11-17-15(7-1)9-5-13-19(17)21-23-24-22(25-21)20-14-6-10-16-8-2-4-12-18(16)20;1-3-4-2-5-1/h1-14H;1-2H. The van der Waals surface area contributed by atoms with Gasteiger partial charge in [0.05, 0.1) is 0 Å². The minimum atomic E-state index is 0.541. The first kappa shape index (κ1) is 17.8. The Labute approximate surface area is 171 Å². The molecule has 0 radical (unpaired) electrons. The fraction of sp³-hybridized carbons (Fsp3) is 0. The minimum absolute atomic E-state index is 0.541. The van der Waals surface area contributed by atoms with E-state index in [1.54, 1.807) is 0 Å². The predicted molar refractivity (Wildman–Crippen MR) is 114 cm³/mol. The molecule has 144 valence electrons. The van der Waals surface area contributed by atoms with Gasteiger partial charge in [0.15, 0.2) is 0 Å². The molecule has 6 nitrogen and oxygen atoms in total. The van der Waals surface area contributed by atoms with Gasteiger partial charge >= 0.3 is 0 Å². The summed E-state index contributed by atoms with van der Waals surface area (Å²) in [5, 5.41) is 19.8. The molecule has 6 heteroatoms. The van der Waals surface area contributed by atoms with E-state index in [2.05, 4.69) is 61.2 Å². The number of aromatic nitrogens is 4. The number of benzene rings is 4. The van der Waals surface area contributed by atoms with Crippen LogP contribution in [0.15, 0.2) is 107 Å². The average Bonchev–Trinajstić information content (AvgIpc) is 3.54. The molecule has 0 amide bonds. The van der Waals surface area contributed by atoms with Crippen molar-refractivity contribution >= 4 is 21.5 Å². The second-order valence-electron chi connectivity index (χ2n) is 6.54. The number of hydrogen-bond donors (Lipinski definition) is 0.